The number of thiophene rings is 1. The van der Waals surface area contributed by atoms with Gasteiger partial charge in [0.05, 0.1) is 18.3 Å². The number of rotatable bonds is 2. The van der Waals surface area contributed by atoms with Gasteiger partial charge in [-0.05, 0) is 49.1 Å². The largest absolute Gasteiger partial charge is 0.322 e. The van der Waals surface area contributed by atoms with Crippen molar-refractivity contribution in [2.75, 3.05) is 11.9 Å². The van der Waals surface area contributed by atoms with Gasteiger partial charge in [-0.25, -0.2) is 9.78 Å². The van der Waals surface area contributed by atoms with Crippen molar-refractivity contribution >= 4 is 44.9 Å². The molecule has 2 aromatic heterocycles. The molecule has 1 saturated carbocycles. The Morgan fingerprint density at radius 1 is 1.26 bits per heavy atom. The molecule has 27 heavy (non-hydrogen) atoms. The van der Waals surface area contributed by atoms with Gasteiger partial charge in [-0.3, -0.25) is 9.36 Å². The van der Waals surface area contributed by atoms with E-state index < -0.39 is 0 Å². The van der Waals surface area contributed by atoms with Gasteiger partial charge in [-0.15, -0.1) is 11.3 Å². The van der Waals surface area contributed by atoms with Gasteiger partial charge < -0.3 is 10.2 Å². The third kappa shape index (κ3) is 3.00. The zero-order valence-corrected chi connectivity index (χ0v) is 16.0. The number of hydrogen-bond donors (Lipinski definition) is 1. The minimum atomic E-state index is -0.149. The van der Waals surface area contributed by atoms with Crippen LogP contribution in [-0.2, 0) is 13.0 Å². The van der Waals surface area contributed by atoms with Crippen LogP contribution in [0.5, 0.6) is 0 Å². The van der Waals surface area contributed by atoms with E-state index in [0.29, 0.717) is 36.3 Å². The molecule has 0 spiro atoms. The summed E-state index contributed by atoms with van der Waals surface area (Å²) < 4.78 is 1.77. The molecule has 1 aromatic carbocycles. The lowest BCUT2D eigenvalue weighted by Gasteiger charge is -2.27. The zero-order valence-electron chi connectivity index (χ0n) is 14.4. The average molecular weight is 401 g/mol. The molecule has 138 valence electrons. The molecule has 1 fully saturated rings. The number of nitrogens with one attached hydrogen (secondary N) is 1. The van der Waals surface area contributed by atoms with Crippen molar-refractivity contribution in [3.05, 3.63) is 56.4 Å². The van der Waals surface area contributed by atoms with Crippen LogP contribution in [0.15, 0.2) is 35.4 Å². The maximum absolute atomic E-state index is 12.9. The molecule has 1 aliphatic heterocycles. The molecule has 3 aromatic rings. The molecule has 3 heterocycles. The third-order valence-electron chi connectivity index (χ3n) is 5.11. The SMILES string of the molecule is O=C(Nc1ccc(Cl)cc1)N1CCc2c(sc3ncn(C4CC4)c(=O)c23)C1. The van der Waals surface area contributed by atoms with Gasteiger partial charge in [0.25, 0.3) is 5.56 Å². The Bertz CT molecular complexity index is 1100. The lowest BCUT2D eigenvalue weighted by atomic mass is 10.1. The molecule has 2 aliphatic rings. The van der Waals surface area contributed by atoms with E-state index >= 15 is 0 Å². The van der Waals surface area contributed by atoms with E-state index in [9.17, 15) is 9.59 Å². The van der Waals surface area contributed by atoms with Gasteiger partial charge in [0, 0.05) is 28.2 Å². The summed E-state index contributed by atoms with van der Waals surface area (Å²) in [7, 11) is 0. The topological polar surface area (TPSA) is 67.2 Å². The van der Waals surface area contributed by atoms with Gasteiger partial charge in [-0.2, -0.15) is 0 Å². The summed E-state index contributed by atoms with van der Waals surface area (Å²) in [5.74, 6) is 0. The molecule has 0 atom stereocenters. The average Bonchev–Trinajstić information content (AvgIpc) is 3.43. The van der Waals surface area contributed by atoms with E-state index in [1.165, 1.54) is 11.3 Å². The van der Waals surface area contributed by atoms with Gasteiger partial charge in [0.1, 0.15) is 4.83 Å². The highest BCUT2D eigenvalue weighted by molar-refractivity contribution is 7.18. The Morgan fingerprint density at radius 2 is 2.04 bits per heavy atom. The Labute approximate surface area is 164 Å². The first-order valence-electron chi connectivity index (χ1n) is 8.93. The number of aromatic nitrogens is 2. The number of amides is 2. The van der Waals surface area contributed by atoms with Crippen LogP contribution in [0, 0.1) is 0 Å². The fourth-order valence-corrected chi connectivity index (χ4v) is 4.84. The van der Waals surface area contributed by atoms with E-state index in [1.807, 2.05) is 0 Å². The van der Waals surface area contributed by atoms with Gasteiger partial charge in [0.2, 0.25) is 0 Å². The quantitative estimate of drug-likeness (QED) is 0.706. The Balaban J connectivity index is 1.41. The number of fused-ring (bicyclic) bond motifs is 3. The van der Waals surface area contributed by atoms with Crippen LogP contribution in [0.4, 0.5) is 10.5 Å². The van der Waals surface area contributed by atoms with Crippen LogP contribution >= 0.6 is 22.9 Å². The highest BCUT2D eigenvalue weighted by Gasteiger charge is 2.29. The van der Waals surface area contributed by atoms with Crippen LogP contribution in [0.25, 0.3) is 10.2 Å². The highest BCUT2D eigenvalue weighted by atomic mass is 35.5. The monoisotopic (exact) mass is 400 g/mol. The summed E-state index contributed by atoms with van der Waals surface area (Å²) in [6.07, 6.45) is 4.46. The molecule has 0 bridgehead atoms. The molecular formula is C19H17ClN4O2S. The van der Waals surface area contributed by atoms with Crippen LogP contribution in [0.1, 0.15) is 29.3 Å². The molecular weight excluding hydrogens is 384 g/mol. The molecule has 0 saturated heterocycles. The smallest absolute Gasteiger partial charge is 0.319 e. The summed E-state index contributed by atoms with van der Waals surface area (Å²) in [6.45, 7) is 1.08. The predicted molar refractivity (Wildman–Crippen MR) is 107 cm³/mol. The lowest BCUT2D eigenvalue weighted by Crippen LogP contribution is -2.38. The Hall–Kier alpha value is -2.38. The van der Waals surface area contributed by atoms with Gasteiger partial charge in [0.15, 0.2) is 0 Å². The fraction of sp³-hybridized carbons (Fsp3) is 0.316. The van der Waals surface area contributed by atoms with Crippen molar-refractivity contribution in [3.8, 4) is 0 Å². The molecule has 2 amide bonds. The maximum atomic E-state index is 12.9. The Morgan fingerprint density at radius 3 is 2.78 bits per heavy atom. The molecule has 1 aliphatic carbocycles. The molecule has 0 radical (unpaired) electrons. The second-order valence-corrected chi connectivity index (χ2v) is 8.50. The van der Waals surface area contributed by atoms with E-state index in [4.69, 9.17) is 11.6 Å². The van der Waals surface area contributed by atoms with Gasteiger partial charge in [-0.1, -0.05) is 11.6 Å². The lowest BCUT2D eigenvalue weighted by molar-refractivity contribution is 0.207. The van der Waals surface area contributed by atoms with Crippen molar-refractivity contribution in [2.24, 2.45) is 0 Å². The second kappa shape index (κ2) is 6.35. The first-order valence-corrected chi connectivity index (χ1v) is 10.1. The third-order valence-corrected chi connectivity index (χ3v) is 6.49. The van der Waals surface area contributed by atoms with Crippen LogP contribution in [-0.4, -0.2) is 27.0 Å². The zero-order chi connectivity index (χ0) is 18.5. The molecule has 6 nitrogen and oxygen atoms in total. The summed E-state index contributed by atoms with van der Waals surface area (Å²) in [6, 6.07) is 7.21. The van der Waals surface area contributed by atoms with Gasteiger partial charge >= 0.3 is 6.03 Å². The minimum Gasteiger partial charge on any atom is -0.319 e. The first-order chi connectivity index (χ1) is 13.1. The number of hydrogen-bond acceptors (Lipinski definition) is 4. The van der Waals surface area contributed by atoms with E-state index in [-0.39, 0.29) is 11.6 Å². The molecule has 0 unspecified atom stereocenters. The normalized spacial score (nSPS) is 16.4. The fourth-order valence-electron chi connectivity index (χ4n) is 3.52. The first kappa shape index (κ1) is 16.8. The predicted octanol–water partition coefficient (Wildman–Crippen LogP) is 4.04. The number of anilines is 1. The number of benzene rings is 1. The Kier molecular flexibility index (Phi) is 3.94. The maximum Gasteiger partial charge on any atom is 0.322 e. The van der Waals surface area contributed by atoms with E-state index in [2.05, 4.69) is 10.3 Å². The van der Waals surface area contributed by atoms with Crippen LogP contribution in [0.2, 0.25) is 5.02 Å². The minimum absolute atomic E-state index is 0.0686. The number of halogens is 1. The van der Waals surface area contributed by atoms with Crippen molar-refractivity contribution in [3.63, 3.8) is 0 Å². The van der Waals surface area contributed by atoms with Crippen molar-refractivity contribution in [2.45, 2.75) is 31.8 Å². The number of carbonyl (C=O) groups excluding carboxylic acids is 1. The van der Waals surface area contributed by atoms with Crippen LogP contribution < -0.4 is 10.9 Å². The number of urea groups is 1. The van der Waals surface area contributed by atoms with E-state index in [0.717, 1.165) is 33.5 Å². The molecule has 5 rings (SSSR count). The highest BCUT2D eigenvalue weighted by Crippen LogP contribution is 2.36. The molecule has 8 heteroatoms. The standard InChI is InChI=1S/C19H17ClN4O2S/c20-11-1-3-12(4-2-11)22-19(26)23-8-7-14-15(9-23)27-17-16(14)18(25)24(10-21-17)13-5-6-13/h1-4,10,13H,5-9H2,(H,22,26). The second-order valence-electron chi connectivity index (χ2n) is 6.98. The number of carbonyl (C=O) groups is 1. The molecule has 1 N–H and O–H groups in total. The summed E-state index contributed by atoms with van der Waals surface area (Å²) in [5, 5.41) is 4.28. The van der Waals surface area contributed by atoms with E-state index in [1.54, 1.807) is 40.1 Å². The van der Waals surface area contributed by atoms with Crippen molar-refractivity contribution < 1.29 is 4.79 Å². The summed E-state index contributed by atoms with van der Waals surface area (Å²) in [5.41, 5.74) is 1.85. The van der Waals surface area contributed by atoms with Crippen molar-refractivity contribution in [1.29, 1.82) is 0 Å². The number of nitrogens with zero attached hydrogens (tertiary/aromatic N) is 3. The summed E-state index contributed by atoms with van der Waals surface area (Å²) in [4.78, 5) is 33.6. The summed E-state index contributed by atoms with van der Waals surface area (Å²) >= 11 is 7.40. The van der Waals surface area contributed by atoms with Crippen molar-refractivity contribution in [1.82, 2.24) is 14.5 Å². The van der Waals surface area contributed by atoms with Crippen LogP contribution in [0.3, 0.4) is 0 Å².